The molecule has 0 saturated heterocycles. The number of halogens is 1. The summed E-state index contributed by atoms with van der Waals surface area (Å²) in [7, 11) is 0. The van der Waals surface area contributed by atoms with Crippen molar-refractivity contribution in [2.45, 2.75) is 70.6 Å². The summed E-state index contributed by atoms with van der Waals surface area (Å²) >= 11 is 0. The second kappa shape index (κ2) is 8.08. The Morgan fingerprint density at radius 1 is 1.38 bits per heavy atom. The highest BCUT2D eigenvalue weighted by Crippen LogP contribution is 2.26. The minimum absolute atomic E-state index is 0.161. The summed E-state index contributed by atoms with van der Waals surface area (Å²) in [5.41, 5.74) is 1.96. The summed E-state index contributed by atoms with van der Waals surface area (Å²) < 4.78 is 20.6. The van der Waals surface area contributed by atoms with Crippen LogP contribution in [0.15, 0.2) is 12.1 Å². The molecule has 1 aromatic carbocycles. The highest BCUT2D eigenvalue weighted by molar-refractivity contribution is 5.94. The molecule has 1 amide bonds. The molecule has 1 unspecified atom stereocenters. The average molecular weight is 334 g/mol. The number of rotatable bonds is 5. The van der Waals surface area contributed by atoms with Gasteiger partial charge in [-0.1, -0.05) is 32.3 Å². The molecular weight excluding hydrogens is 307 g/mol. The zero-order valence-corrected chi connectivity index (χ0v) is 14.4. The Balaban J connectivity index is 1.66. The van der Waals surface area contributed by atoms with Crippen molar-refractivity contribution < 1.29 is 13.9 Å². The van der Waals surface area contributed by atoms with Crippen LogP contribution in [-0.4, -0.2) is 24.7 Å². The lowest BCUT2D eigenvalue weighted by molar-refractivity contribution is -0.132. The van der Waals surface area contributed by atoms with Crippen molar-refractivity contribution in [3.8, 4) is 0 Å². The number of carbonyl (C=O) groups is 1. The third-order valence-electron chi connectivity index (χ3n) is 5.04. The molecule has 5 heteroatoms. The van der Waals surface area contributed by atoms with Gasteiger partial charge in [-0.05, 0) is 49.4 Å². The Kier molecular flexibility index (Phi) is 5.85. The van der Waals surface area contributed by atoms with Gasteiger partial charge in [-0.3, -0.25) is 4.79 Å². The summed E-state index contributed by atoms with van der Waals surface area (Å²) in [6, 6.07) is 3.55. The van der Waals surface area contributed by atoms with Crippen molar-refractivity contribution in [3.63, 3.8) is 0 Å². The molecule has 4 nitrogen and oxygen atoms in total. The van der Waals surface area contributed by atoms with E-state index >= 15 is 0 Å². The molecule has 1 atom stereocenters. The topological polar surface area (TPSA) is 50.4 Å². The molecule has 0 bridgehead atoms. The highest BCUT2D eigenvalue weighted by atomic mass is 19.1. The molecular formula is C19H27FN2O2. The zero-order valence-electron chi connectivity index (χ0n) is 14.4. The number of carbonyl (C=O) groups excluding carboxylic acids is 1. The lowest BCUT2D eigenvalue weighted by atomic mass is 9.97. The van der Waals surface area contributed by atoms with E-state index in [0.29, 0.717) is 24.9 Å². The molecule has 1 heterocycles. The summed E-state index contributed by atoms with van der Waals surface area (Å²) in [6.45, 7) is 3.38. The number of ether oxygens (including phenoxy) is 1. The Morgan fingerprint density at radius 3 is 2.92 bits per heavy atom. The molecule has 2 aliphatic rings. The van der Waals surface area contributed by atoms with Gasteiger partial charge in [0.1, 0.15) is 11.9 Å². The second-order valence-electron chi connectivity index (χ2n) is 6.77. The Bertz CT molecular complexity index is 585. The van der Waals surface area contributed by atoms with E-state index < -0.39 is 6.10 Å². The molecule has 1 aliphatic carbocycles. The molecule has 1 aromatic rings. The molecule has 1 aliphatic heterocycles. The van der Waals surface area contributed by atoms with Crippen LogP contribution in [0.5, 0.6) is 0 Å². The van der Waals surface area contributed by atoms with Gasteiger partial charge in [0, 0.05) is 6.54 Å². The fraction of sp³-hybridized carbons (Fsp3) is 0.632. The van der Waals surface area contributed by atoms with Gasteiger partial charge in [0.25, 0.3) is 5.91 Å². The average Bonchev–Trinajstić information content (AvgIpc) is 2.63. The number of anilines is 1. The normalized spacial score (nSPS) is 19.6. The van der Waals surface area contributed by atoms with Gasteiger partial charge in [0.2, 0.25) is 0 Å². The predicted molar refractivity (Wildman–Crippen MR) is 92.5 cm³/mol. The van der Waals surface area contributed by atoms with Crippen LogP contribution < -0.4 is 10.6 Å². The van der Waals surface area contributed by atoms with Crippen LogP contribution in [0.2, 0.25) is 0 Å². The van der Waals surface area contributed by atoms with Gasteiger partial charge in [-0.2, -0.15) is 0 Å². The Hall–Kier alpha value is -1.46. The molecule has 0 aromatic heterocycles. The minimum atomic E-state index is -0.509. The summed E-state index contributed by atoms with van der Waals surface area (Å²) in [4.78, 5) is 12.5. The fourth-order valence-corrected chi connectivity index (χ4v) is 3.62. The summed E-state index contributed by atoms with van der Waals surface area (Å²) in [5.74, 6) is -0.536. The van der Waals surface area contributed by atoms with Crippen molar-refractivity contribution in [2.75, 3.05) is 11.9 Å². The van der Waals surface area contributed by atoms with Crippen LogP contribution in [0.25, 0.3) is 0 Å². The number of hydrogen-bond acceptors (Lipinski definition) is 3. The number of hydrogen-bond donors (Lipinski definition) is 2. The lowest BCUT2D eigenvalue weighted by Crippen LogP contribution is -2.34. The first kappa shape index (κ1) is 17.4. The highest BCUT2D eigenvalue weighted by Gasteiger charge is 2.25. The van der Waals surface area contributed by atoms with Crippen molar-refractivity contribution in [3.05, 3.63) is 29.1 Å². The molecule has 0 radical (unpaired) electrons. The van der Waals surface area contributed by atoms with E-state index in [4.69, 9.17) is 4.74 Å². The smallest absolute Gasteiger partial charge is 0.253 e. The van der Waals surface area contributed by atoms with Crippen molar-refractivity contribution in [1.29, 1.82) is 0 Å². The van der Waals surface area contributed by atoms with E-state index in [0.717, 1.165) is 37.8 Å². The minimum Gasteiger partial charge on any atom is -0.365 e. The maximum absolute atomic E-state index is 14.7. The quantitative estimate of drug-likeness (QED) is 0.866. The first-order valence-corrected chi connectivity index (χ1v) is 9.16. The first-order valence-electron chi connectivity index (χ1n) is 9.16. The summed E-state index contributed by atoms with van der Waals surface area (Å²) in [5, 5.41) is 5.97. The van der Waals surface area contributed by atoms with E-state index in [-0.39, 0.29) is 23.5 Å². The Morgan fingerprint density at radius 2 is 2.17 bits per heavy atom. The first-order chi connectivity index (χ1) is 11.7. The van der Waals surface area contributed by atoms with E-state index in [1.807, 2.05) is 13.0 Å². The number of nitrogens with one attached hydrogen (secondary N) is 2. The standard InChI is InChI=1S/C19H27FN2O2/c1-2-17(24-14-6-4-3-5-7-14)19(23)22-16-9-8-13-12-21-11-10-15(13)18(16)20/h8-9,14,17,21H,2-7,10-12H2,1H3,(H,22,23). The molecule has 0 spiro atoms. The van der Waals surface area contributed by atoms with Gasteiger partial charge >= 0.3 is 0 Å². The van der Waals surface area contributed by atoms with Gasteiger partial charge in [0.05, 0.1) is 11.8 Å². The number of amides is 1. The molecule has 1 saturated carbocycles. The van der Waals surface area contributed by atoms with E-state index in [1.54, 1.807) is 6.07 Å². The van der Waals surface area contributed by atoms with Crippen molar-refractivity contribution in [2.24, 2.45) is 0 Å². The van der Waals surface area contributed by atoms with Crippen LogP contribution in [0, 0.1) is 5.82 Å². The van der Waals surface area contributed by atoms with Gasteiger partial charge in [0.15, 0.2) is 0 Å². The number of fused-ring (bicyclic) bond motifs is 1. The largest absolute Gasteiger partial charge is 0.365 e. The van der Waals surface area contributed by atoms with E-state index in [1.165, 1.54) is 6.42 Å². The van der Waals surface area contributed by atoms with Crippen LogP contribution in [0.4, 0.5) is 10.1 Å². The van der Waals surface area contributed by atoms with Crippen molar-refractivity contribution in [1.82, 2.24) is 5.32 Å². The van der Waals surface area contributed by atoms with Gasteiger partial charge in [-0.25, -0.2) is 4.39 Å². The Labute approximate surface area is 143 Å². The van der Waals surface area contributed by atoms with Crippen LogP contribution >= 0.6 is 0 Å². The second-order valence-corrected chi connectivity index (χ2v) is 6.77. The van der Waals surface area contributed by atoms with E-state index in [2.05, 4.69) is 10.6 Å². The predicted octanol–water partition coefficient (Wildman–Crippen LogP) is 3.54. The number of benzene rings is 1. The molecule has 1 fully saturated rings. The third kappa shape index (κ3) is 3.95. The molecule has 132 valence electrons. The van der Waals surface area contributed by atoms with Gasteiger partial charge in [-0.15, -0.1) is 0 Å². The molecule has 2 N–H and O–H groups in total. The molecule has 24 heavy (non-hydrogen) atoms. The van der Waals surface area contributed by atoms with Crippen molar-refractivity contribution >= 4 is 11.6 Å². The maximum atomic E-state index is 14.7. The fourth-order valence-electron chi connectivity index (χ4n) is 3.62. The van der Waals surface area contributed by atoms with E-state index in [9.17, 15) is 9.18 Å². The lowest BCUT2D eigenvalue weighted by Gasteiger charge is -2.27. The summed E-state index contributed by atoms with van der Waals surface area (Å²) in [6.07, 6.45) is 6.51. The van der Waals surface area contributed by atoms with Crippen LogP contribution in [-0.2, 0) is 22.5 Å². The van der Waals surface area contributed by atoms with Crippen LogP contribution in [0.3, 0.4) is 0 Å². The monoisotopic (exact) mass is 334 g/mol. The third-order valence-corrected chi connectivity index (χ3v) is 5.04. The van der Waals surface area contributed by atoms with Crippen LogP contribution in [0.1, 0.15) is 56.6 Å². The zero-order chi connectivity index (χ0) is 16.9. The van der Waals surface area contributed by atoms with Gasteiger partial charge < -0.3 is 15.4 Å². The SMILES string of the molecule is CCC(OC1CCCCC1)C(=O)Nc1ccc2c(c1F)CCNC2. The molecule has 3 rings (SSSR count). The maximum Gasteiger partial charge on any atom is 0.253 e.